The number of hydrogen-bond acceptors (Lipinski definition) is 5. The molecule has 0 fully saturated rings. The fraction of sp³-hybridized carbons (Fsp3) is 0.250. The summed E-state index contributed by atoms with van der Waals surface area (Å²) in [7, 11) is 3.31. The number of fused-ring (bicyclic) bond motifs is 1. The topological polar surface area (TPSA) is 102 Å². The number of ether oxygens (including phenoxy) is 1. The number of aromatic amines is 1. The van der Waals surface area contributed by atoms with Crippen molar-refractivity contribution in [3.05, 3.63) is 58.3 Å². The summed E-state index contributed by atoms with van der Waals surface area (Å²) in [5, 5.41) is 6.86. The number of carbonyl (C=O) groups excluding carboxylic acids is 1. The van der Waals surface area contributed by atoms with Gasteiger partial charge in [0.1, 0.15) is 0 Å². The summed E-state index contributed by atoms with van der Waals surface area (Å²) in [4.78, 5) is 31.5. The molecule has 8 nitrogen and oxygen atoms in total. The standard InChI is InChI=1S/C16H17N5O3/c1-21-13(7-8-17-21)12(9-24-2)20-16(23)14-15(22)19-11-6-4-3-5-10(11)18-14/h3-8,12H,9H2,1-2H3,(H,19,22)(H,20,23)/t12-/m1/s1. The van der Waals surface area contributed by atoms with Crippen LogP contribution < -0.4 is 10.9 Å². The maximum absolute atomic E-state index is 12.5. The van der Waals surface area contributed by atoms with E-state index in [1.165, 1.54) is 7.11 Å². The van der Waals surface area contributed by atoms with E-state index < -0.39 is 17.5 Å². The van der Waals surface area contributed by atoms with Crippen molar-refractivity contribution >= 4 is 16.9 Å². The summed E-state index contributed by atoms with van der Waals surface area (Å²) in [5.74, 6) is -0.565. The van der Waals surface area contributed by atoms with E-state index in [2.05, 4.69) is 20.4 Å². The Morgan fingerprint density at radius 3 is 2.88 bits per heavy atom. The second-order valence-corrected chi connectivity index (χ2v) is 5.29. The van der Waals surface area contributed by atoms with Crippen LogP contribution >= 0.6 is 0 Å². The Bertz CT molecular complexity index is 931. The third kappa shape index (κ3) is 3.04. The van der Waals surface area contributed by atoms with Crippen LogP contribution in [0.3, 0.4) is 0 Å². The molecule has 0 spiro atoms. The zero-order chi connectivity index (χ0) is 17.1. The minimum absolute atomic E-state index is 0.183. The highest BCUT2D eigenvalue weighted by atomic mass is 16.5. The lowest BCUT2D eigenvalue weighted by atomic mass is 10.2. The van der Waals surface area contributed by atoms with Gasteiger partial charge >= 0.3 is 0 Å². The molecule has 0 unspecified atom stereocenters. The summed E-state index contributed by atoms with van der Waals surface area (Å²) < 4.78 is 6.80. The first-order valence-corrected chi connectivity index (χ1v) is 7.37. The number of nitrogens with one attached hydrogen (secondary N) is 2. The van der Waals surface area contributed by atoms with E-state index in [0.29, 0.717) is 11.0 Å². The van der Waals surface area contributed by atoms with Gasteiger partial charge in [-0.25, -0.2) is 4.98 Å². The number of hydrogen-bond donors (Lipinski definition) is 2. The number of benzene rings is 1. The Morgan fingerprint density at radius 1 is 1.38 bits per heavy atom. The van der Waals surface area contributed by atoms with E-state index in [1.54, 1.807) is 48.3 Å². The zero-order valence-corrected chi connectivity index (χ0v) is 13.3. The van der Waals surface area contributed by atoms with Gasteiger partial charge in [-0.1, -0.05) is 12.1 Å². The second kappa shape index (κ2) is 6.63. The van der Waals surface area contributed by atoms with Crippen LogP contribution in [0.5, 0.6) is 0 Å². The average molecular weight is 327 g/mol. The van der Waals surface area contributed by atoms with E-state index in [4.69, 9.17) is 4.74 Å². The monoisotopic (exact) mass is 327 g/mol. The molecule has 24 heavy (non-hydrogen) atoms. The van der Waals surface area contributed by atoms with Crippen molar-refractivity contribution in [2.24, 2.45) is 7.05 Å². The maximum atomic E-state index is 12.5. The molecule has 2 aromatic heterocycles. The highest BCUT2D eigenvalue weighted by Crippen LogP contribution is 2.13. The molecule has 1 aromatic carbocycles. The molecule has 0 bridgehead atoms. The molecule has 1 amide bonds. The number of H-pyrrole nitrogens is 1. The van der Waals surface area contributed by atoms with Gasteiger partial charge < -0.3 is 15.0 Å². The summed E-state index contributed by atoms with van der Waals surface area (Å²) in [5.41, 5.74) is 1.18. The van der Waals surface area contributed by atoms with Crippen LogP contribution in [0.1, 0.15) is 22.2 Å². The van der Waals surface area contributed by atoms with Crippen LogP contribution in [0.2, 0.25) is 0 Å². The molecule has 3 aromatic rings. The third-order valence-electron chi connectivity index (χ3n) is 3.67. The smallest absolute Gasteiger partial charge is 0.280 e. The van der Waals surface area contributed by atoms with Crippen molar-refractivity contribution in [2.75, 3.05) is 13.7 Å². The lowest BCUT2D eigenvalue weighted by molar-refractivity contribution is 0.0886. The van der Waals surface area contributed by atoms with Crippen molar-refractivity contribution in [2.45, 2.75) is 6.04 Å². The number of methoxy groups -OCH3 is 1. The fourth-order valence-corrected chi connectivity index (χ4v) is 2.50. The van der Waals surface area contributed by atoms with Crippen molar-refractivity contribution < 1.29 is 9.53 Å². The number of aryl methyl sites for hydroxylation is 1. The number of rotatable bonds is 5. The number of nitrogens with zero attached hydrogens (tertiary/aromatic N) is 3. The van der Waals surface area contributed by atoms with Crippen LogP contribution in [-0.4, -0.2) is 39.4 Å². The third-order valence-corrected chi connectivity index (χ3v) is 3.67. The molecule has 1 atom stereocenters. The molecule has 3 rings (SSSR count). The van der Waals surface area contributed by atoms with Crippen LogP contribution in [0.15, 0.2) is 41.3 Å². The quantitative estimate of drug-likeness (QED) is 0.721. The predicted octanol–water partition coefficient (Wildman–Crippen LogP) is 0.774. The Labute approximate surface area is 137 Å². The summed E-state index contributed by atoms with van der Waals surface area (Å²) in [6.07, 6.45) is 1.63. The first-order chi connectivity index (χ1) is 11.6. The average Bonchev–Trinajstić information content (AvgIpc) is 2.99. The molecule has 0 saturated carbocycles. The van der Waals surface area contributed by atoms with Gasteiger partial charge in [0.05, 0.1) is 29.4 Å². The molecule has 0 aliphatic rings. The molecular weight excluding hydrogens is 310 g/mol. The predicted molar refractivity (Wildman–Crippen MR) is 87.7 cm³/mol. The maximum Gasteiger partial charge on any atom is 0.280 e. The molecule has 0 aliphatic heterocycles. The number of para-hydroxylation sites is 2. The van der Waals surface area contributed by atoms with Gasteiger partial charge in [-0.05, 0) is 18.2 Å². The Morgan fingerprint density at radius 2 is 2.17 bits per heavy atom. The first kappa shape index (κ1) is 15.9. The SMILES string of the molecule is COC[C@@H](NC(=O)c1nc2ccccc2[nH]c1=O)c1ccnn1C. The van der Waals surface area contributed by atoms with E-state index >= 15 is 0 Å². The van der Waals surface area contributed by atoms with Crippen LogP contribution in [0.25, 0.3) is 11.0 Å². The van der Waals surface area contributed by atoms with Gasteiger partial charge in [-0.15, -0.1) is 0 Å². The lowest BCUT2D eigenvalue weighted by Gasteiger charge is -2.17. The van der Waals surface area contributed by atoms with E-state index in [-0.39, 0.29) is 12.3 Å². The minimum atomic E-state index is -0.565. The lowest BCUT2D eigenvalue weighted by Crippen LogP contribution is -2.36. The number of amides is 1. The number of aromatic nitrogens is 4. The van der Waals surface area contributed by atoms with Crippen LogP contribution in [0.4, 0.5) is 0 Å². The molecule has 124 valence electrons. The molecule has 0 radical (unpaired) electrons. The van der Waals surface area contributed by atoms with Gasteiger partial charge in [0, 0.05) is 20.4 Å². The largest absolute Gasteiger partial charge is 0.382 e. The van der Waals surface area contributed by atoms with Crippen molar-refractivity contribution in [3.8, 4) is 0 Å². The van der Waals surface area contributed by atoms with Gasteiger partial charge in [-0.3, -0.25) is 14.3 Å². The molecule has 2 N–H and O–H groups in total. The van der Waals surface area contributed by atoms with Gasteiger partial charge in [-0.2, -0.15) is 5.10 Å². The van der Waals surface area contributed by atoms with Gasteiger partial charge in [0.2, 0.25) is 0 Å². The zero-order valence-electron chi connectivity index (χ0n) is 13.3. The Hall–Kier alpha value is -3.00. The number of carbonyl (C=O) groups is 1. The highest BCUT2D eigenvalue weighted by molar-refractivity contribution is 5.93. The second-order valence-electron chi connectivity index (χ2n) is 5.29. The van der Waals surface area contributed by atoms with Crippen molar-refractivity contribution in [3.63, 3.8) is 0 Å². The molecule has 0 saturated heterocycles. The Balaban J connectivity index is 1.92. The van der Waals surface area contributed by atoms with E-state index in [1.807, 2.05) is 0 Å². The van der Waals surface area contributed by atoms with Gasteiger partial charge in [0.25, 0.3) is 11.5 Å². The van der Waals surface area contributed by atoms with Crippen molar-refractivity contribution in [1.29, 1.82) is 0 Å². The summed E-state index contributed by atoms with van der Waals surface area (Å²) in [6.45, 7) is 0.247. The minimum Gasteiger partial charge on any atom is -0.382 e. The molecule has 2 heterocycles. The molecule has 0 aliphatic carbocycles. The van der Waals surface area contributed by atoms with Crippen molar-refractivity contribution in [1.82, 2.24) is 25.1 Å². The summed E-state index contributed by atoms with van der Waals surface area (Å²) in [6, 6.07) is 8.38. The van der Waals surface area contributed by atoms with Crippen LogP contribution in [0, 0.1) is 0 Å². The summed E-state index contributed by atoms with van der Waals surface area (Å²) >= 11 is 0. The molecular formula is C16H17N5O3. The van der Waals surface area contributed by atoms with Gasteiger partial charge in [0.15, 0.2) is 5.69 Å². The van der Waals surface area contributed by atoms with E-state index in [0.717, 1.165) is 5.69 Å². The normalized spacial score (nSPS) is 12.2. The molecule has 8 heteroatoms. The fourth-order valence-electron chi connectivity index (χ4n) is 2.50. The highest BCUT2D eigenvalue weighted by Gasteiger charge is 2.21. The van der Waals surface area contributed by atoms with Crippen LogP contribution in [-0.2, 0) is 11.8 Å². The first-order valence-electron chi connectivity index (χ1n) is 7.37. The Kier molecular flexibility index (Phi) is 4.39. The van der Waals surface area contributed by atoms with E-state index in [9.17, 15) is 9.59 Å².